The summed E-state index contributed by atoms with van der Waals surface area (Å²) in [6.45, 7) is 13.0. The summed E-state index contributed by atoms with van der Waals surface area (Å²) in [7, 11) is 9.22. The van der Waals surface area contributed by atoms with Gasteiger partial charge in [0.05, 0.1) is 33.1 Å². The van der Waals surface area contributed by atoms with Gasteiger partial charge in [0, 0.05) is 45.8 Å². The molecule has 2 fully saturated rings. The Hall–Kier alpha value is 0.899. The van der Waals surface area contributed by atoms with Crippen LogP contribution in [0.4, 0.5) is 0 Å². The summed E-state index contributed by atoms with van der Waals surface area (Å²) < 4.78 is 1.07. The minimum absolute atomic E-state index is 0. The van der Waals surface area contributed by atoms with Gasteiger partial charge in [-0.3, -0.25) is 4.90 Å². The molecule has 0 aromatic rings. The van der Waals surface area contributed by atoms with Crippen molar-refractivity contribution in [1.82, 2.24) is 20.0 Å². The maximum atomic E-state index is 7.58. The molecule has 0 saturated carbocycles. The molecule has 2 aliphatic rings. The Morgan fingerprint density at radius 2 is 1.51 bits per heavy atom. The SMILES string of the molecule is CCCCCCCC(CCCCC1(Cl)C(Cl)CNCCN2CCCN(C)CCN1CC2)CCC[N+](C)(C)C.[Mn+3]. The minimum Gasteiger partial charge on any atom is -0.331 e. The zero-order valence-corrected chi connectivity index (χ0v) is 29.0. The molecule has 0 radical (unpaired) electrons. The monoisotopic (exact) mass is 631 g/mol. The van der Waals surface area contributed by atoms with Crippen LogP contribution in [0, 0.1) is 5.92 Å². The second-order valence-electron chi connectivity index (χ2n) is 13.4. The summed E-state index contributed by atoms with van der Waals surface area (Å²) in [6, 6.07) is 0. The van der Waals surface area contributed by atoms with E-state index in [0.717, 1.165) is 69.2 Å². The summed E-state index contributed by atoms with van der Waals surface area (Å²) in [4.78, 5) is 7.16. The molecule has 0 spiro atoms. The van der Waals surface area contributed by atoms with Crippen molar-refractivity contribution >= 4 is 23.2 Å². The average molecular weight is 633 g/mol. The van der Waals surface area contributed by atoms with Crippen molar-refractivity contribution in [2.75, 3.05) is 93.6 Å². The van der Waals surface area contributed by atoms with Crippen molar-refractivity contribution in [2.24, 2.45) is 5.92 Å². The van der Waals surface area contributed by atoms with Crippen molar-refractivity contribution in [3.63, 3.8) is 0 Å². The van der Waals surface area contributed by atoms with Crippen molar-refractivity contribution in [1.29, 1.82) is 0 Å². The quantitative estimate of drug-likeness (QED) is 0.0776. The first-order valence-electron chi connectivity index (χ1n) is 16.1. The maximum absolute atomic E-state index is 7.58. The van der Waals surface area contributed by atoms with E-state index < -0.39 is 5.00 Å². The van der Waals surface area contributed by atoms with E-state index in [2.05, 4.69) is 55.1 Å². The third-order valence-corrected chi connectivity index (χ3v) is 10.3. The molecule has 5 unspecified atom stereocenters. The third-order valence-electron chi connectivity index (χ3n) is 8.93. The molecule has 39 heavy (non-hydrogen) atoms. The summed E-state index contributed by atoms with van der Waals surface area (Å²) in [6.07, 6.45) is 17.1. The van der Waals surface area contributed by atoms with E-state index in [4.69, 9.17) is 23.2 Å². The molecule has 0 amide bonds. The van der Waals surface area contributed by atoms with Crippen LogP contribution in [0.2, 0.25) is 0 Å². The molecule has 2 bridgehead atoms. The van der Waals surface area contributed by atoms with Gasteiger partial charge in [0.1, 0.15) is 5.00 Å². The summed E-state index contributed by atoms with van der Waals surface area (Å²) >= 11 is 14.7. The molecule has 0 aliphatic carbocycles. The Bertz CT molecular complexity index is 608. The van der Waals surface area contributed by atoms with Gasteiger partial charge in [-0.1, -0.05) is 64.7 Å². The summed E-state index contributed by atoms with van der Waals surface area (Å²) in [5, 5.41) is 3.54. The molecule has 5 atom stereocenters. The number of hydrogen-bond donors (Lipinski definition) is 1. The van der Waals surface area contributed by atoms with E-state index in [9.17, 15) is 0 Å². The van der Waals surface area contributed by atoms with Crippen LogP contribution in [0.1, 0.15) is 90.4 Å². The zero-order valence-electron chi connectivity index (χ0n) is 26.3. The van der Waals surface area contributed by atoms with Gasteiger partial charge in [-0.2, -0.15) is 0 Å². The van der Waals surface area contributed by atoms with Crippen LogP contribution in [0.15, 0.2) is 0 Å². The van der Waals surface area contributed by atoms with E-state index >= 15 is 0 Å². The number of nitrogens with one attached hydrogen (secondary N) is 1. The van der Waals surface area contributed by atoms with E-state index in [1.165, 1.54) is 90.1 Å². The number of hydrogen-bond acceptors (Lipinski definition) is 4. The molecular weight excluding hydrogens is 568 g/mol. The topological polar surface area (TPSA) is 21.8 Å². The standard InChI is InChI=1S/C31H64Cl2N5.Mn/c1-6-7-8-9-10-15-29(17-13-27-38(3,4)5)16-11-12-18-31(33)30(32)28-34-19-22-36-21-14-20-35(2)23-25-37(31)26-24-36;/h29-30,34H,6-28H2,1-5H3;/q+1;+3. The summed E-state index contributed by atoms with van der Waals surface area (Å²) in [5.41, 5.74) is 0. The molecule has 8 heteroatoms. The van der Waals surface area contributed by atoms with Gasteiger partial charge in [-0.05, 0) is 51.7 Å². The first kappa shape index (κ1) is 37.9. The van der Waals surface area contributed by atoms with E-state index in [-0.39, 0.29) is 22.4 Å². The largest absolute Gasteiger partial charge is 3.00 e. The van der Waals surface area contributed by atoms with Crippen molar-refractivity contribution in [2.45, 2.75) is 101 Å². The number of quaternary nitrogens is 1. The van der Waals surface area contributed by atoms with Gasteiger partial charge in [-0.25, -0.2) is 0 Å². The fourth-order valence-electron chi connectivity index (χ4n) is 6.31. The number of alkyl halides is 2. The Labute approximate surface area is 264 Å². The Morgan fingerprint density at radius 1 is 0.846 bits per heavy atom. The molecule has 2 aliphatic heterocycles. The number of fused-ring (bicyclic) bond motifs is 3. The van der Waals surface area contributed by atoms with Crippen molar-refractivity contribution in [3.8, 4) is 0 Å². The average Bonchev–Trinajstić information content (AvgIpc) is 2.86. The second-order valence-corrected chi connectivity index (χ2v) is 14.6. The zero-order chi connectivity index (χ0) is 27.9. The fraction of sp³-hybridized carbons (Fsp3) is 1.00. The third kappa shape index (κ3) is 15.8. The van der Waals surface area contributed by atoms with Crippen molar-refractivity contribution < 1.29 is 21.6 Å². The number of unbranched alkanes of at least 4 members (excludes halogenated alkanes) is 5. The number of halogens is 2. The van der Waals surface area contributed by atoms with Gasteiger partial charge in [0.2, 0.25) is 0 Å². The molecule has 5 nitrogen and oxygen atoms in total. The molecule has 2 saturated heterocycles. The fourth-order valence-corrected chi connectivity index (χ4v) is 7.05. The van der Waals surface area contributed by atoms with E-state index in [0.29, 0.717) is 0 Å². The molecule has 230 valence electrons. The van der Waals surface area contributed by atoms with E-state index in [1.54, 1.807) is 0 Å². The van der Waals surface area contributed by atoms with Crippen LogP contribution in [-0.4, -0.2) is 123 Å². The molecule has 0 aromatic heterocycles. The van der Waals surface area contributed by atoms with Gasteiger partial charge in [0.25, 0.3) is 0 Å². The van der Waals surface area contributed by atoms with Crippen LogP contribution in [0.5, 0.6) is 0 Å². The Balaban J connectivity index is 0.00000760. The van der Waals surface area contributed by atoms with Crippen molar-refractivity contribution in [3.05, 3.63) is 0 Å². The van der Waals surface area contributed by atoms with Gasteiger partial charge in [-0.15, -0.1) is 23.2 Å². The number of nitrogens with zero attached hydrogens (tertiary/aromatic N) is 4. The number of likely N-dealkylation sites (N-methyl/N-ethyl adjacent to an activating group) is 1. The van der Waals surface area contributed by atoms with Gasteiger partial charge < -0.3 is 19.6 Å². The molecule has 1 N–H and O–H groups in total. The van der Waals surface area contributed by atoms with E-state index in [1.807, 2.05) is 0 Å². The van der Waals surface area contributed by atoms with Crippen LogP contribution in [0.25, 0.3) is 0 Å². The van der Waals surface area contributed by atoms with Crippen LogP contribution in [0.3, 0.4) is 0 Å². The van der Waals surface area contributed by atoms with Crippen LogP contribution < -0.4 is 5.32 Å². The Morgan fingerprint density at radius 3 is 2.23 bits per heavy atom. The molecular formula is C31H64Cl2MnN5+4. The van der Waals surface area contributed by atoms with Crippen LogP contribution >= 0.6 is 23.2 Å². The maximum Gasteiger partial charge on any atom is 3.00 e. The predicted octanol–water partition coefficient (Wildman–Crippen LogP) is 6.09. The summed E-state index contributed by atoms with van der Waals surface area (Å²) in [5.74, 6) is 0.864. The number of rotatable bonds is 15. The van der Waals surface area contributed by atoms with Crippen LogP contribution in [-0.2, 0) is 17.1 Å². The molecule has 2 rings (SSSR count). The molecule has 0 aromatic carbocycles. The Kier molecular flexibility index (Phi) is 20.2. The minimum atomic E-state index is -0.475. The van der Waals surface area contributed by atoms with Gasteiger partial charge >= 0.3 is 17.1 Å². The first-order chi connectivity index (χ1) is 18.1. The predicted molar refractivity (Wildman–Crippen MR) is 169 cm³/mol. The first-order valence-corrected chi connectivity index (χ1v) is 17.0. The second kappa shape index (κ2) is 20.7. The molecule has 2 heterocycles. The smallest absolute Gasteiger partial charge is 0.331 e. The normalized spacial score (nSPS) is 28.5. The van der Waals surface area contributed by atoms with Gasteiger partial charge in [0.15, 0.2) is 0 Å².